The van der Waals surface area contributed by atoms with Gasteiger partial charge in [-0.15, -0.1) is 0 Å². The van der Waals surface area contributed by atoms with Crippen molar-refractivity contribution in [2.24, 2.45) is 4.99 Å². The predicted molar refractivity (Wildman–Crippen MR) is 138 cm³/mol. The van der Waals surface area contributed by atoms with Gasteiger partial charge in [-0.05, 0) is 42.0 Å². The summed E-state index contributed by atoms with van der Waals surface area (Å²) in [5, 5.41) is 0. The summed E-state index contributed by atoms with van der Waals surface area (Å²) in [5.41, 5.74) is 2.36. The molecule has 1 saturated heterocycles. The lowest BCUT2D eigenvalue weighted by Crippen LogP contribution is -2.58. The molecule has 2 aliphatic heterocycles. The first-order valence-electron chi connectivity index (χ1n) is 12.7. The number of benzene rings is 2. The highest BCUT2D eigenvalue weighted by molar-refractivity contribution is 7.89. The Labute approximate surface area is 209 Å². The zero-order chi connectivity index (χ0) is 24.4. The van der Waals surface area contributed by atoms with E-state index >= 15 is 0 Å². The Bertz CT molecular complexity index is 1120. The molecule has 35 heavy (non-hydrogen) atoms. The van der Waals surface area contributed by atoms with E-state index < -0.39 is 10.0 Å². The highest BCUT2D eigenvalue weighted by atomic mass is 32.2. The number of hydrogen-bond acceptors (Lipinski definition) is 6. The standard InChI is InChI=1S/C27H36N4O3S/c1-21(2)23-8-10-26(11-9-23)35(32,33)31-13-12-28-27(31)30-16-14-29(15-17-30)24-18-25(19-24)34-20-22-6-4-3-5-7-22/h3-11,21,24-25H,12-20H2,1-2H3. The number of sulfonamides is 1. The zero-order valence-corrected chi connectivity index (χ0v) is 21.5. The van der Waals surface area contributed by atoms with Crippen LogP contribution < -0.4 is 0 Å². The minimum Gasteiger partial charge on any atom is -0.373 e. The van der Waals surface area contributed by atoms with Crippen molar-refractivity contribution in [1.29, 1.82) is 0 Å². The molecule has 5 rings (SSSR count). The topological polar surface area (TPSA) is 65.5 Å². The van der Waals surface area contributed by atoms with E-state index in [9.17, 15) is 8.42 Å². The Hall–Kier alpha value is -2.42. The van der Waals surface area contributed by atoms with Crippen molar-refractivity contribution in [2.75, 3.05) is 39.3 Å². The van der Waals surface area contributed by atoms with Crippen molar-refractivity contribution in [3.8, 4) is 0 Å². The summed E-state index contributed by atoms with van der Waals surface area (Å²) in [5.74, 6) is 0.976. The normalized spacial score (nSPS) is 23.5. The number of aliphatic imine (C=N–C) groups is 1. The van der Waals surface area contributed by atoms with E-state index in [1.165, 1.54) is 9.87 Å². The summed E-state index contributed by atoms with van der Waals surface area (Å²) in [6.45, 7) is 9.25. The van der Waals surface area contributed by atoms with E-state index in [4.69, 9.17) is 4.74 Å². The Kier molecular flexibility index (Phi) is 7.14. The molecule has 2 fully saturated rings. The van der Waals surface area contributed by atoms with Gasteiger partial charge in [0, 0.05) is 32.2 Å². The van der Waals surface area contributed by atoms with Gasteiger partial charge in [0.15, 0.2) is 0 Å². The lowest BCUT2D eigenvalue weighted by atomic mass is 9.87. The van der Waals surface area contributed by atoms with Crippen LogP contribution in [0.3, 0.4) is 0 Å². The summed E-state index contributed by atoms with van der Waals surface area (Å²) in [4.78, 5) is 9.61. The van der Waals surface area contributed by atoms with Gasteiger partial charge in [0.05, 0.1) is 30.7 Å². The van der Waals surface area contributed by atoms with Crippen LogP contribution in [-0.2, 0) is 21.4 Å². The average Bonchev–Trinajstić information content (AvgIpc) is 3.35. The molecular formula is C27H36N4O3S. The Morgan fingerprint density at radius 1 is 0.943 bits per heavy atom. The van der Waals surface area contributed by atoms with Crippen molar-refractivity contribution in [2.45, 2.75) is 56.3 Å². The zero-order valence-electron chi connectivity index (χ0n) is 20.7. The van der Waals surface area contributed by atoms with Crippen LogP contribution in [0.15, 0.2) is 64.5 Å². The predicted octanol–water partition coefficient (Wildman–Crippen LogP) is 3.54. The molecule has 188 valence electrons. The number of piperazine rings is 1. The molecule has 0 spiro atoms. The minimum absolute atomic E-state index is 0.333. The fourth-order valence-electron chi connectivity index (χ4n) is 5.10. The quantitative estimate of drug-likeness (QED) is 0.587. The first-order valence-corrected chi connectivity index (χ1v) is 14.2. The molecule has 2 aromatic rings. The summed E-state index contributed by atoms with van der Waals surface area (Å²) in [7, 11) is -3.61. The van der Waals surface area contributed by atoms with Gasteiger partial charge in [-0.3, -0.25) is 9.89 Å². The maximum absolute atomic E-state index is 13.4. The number of guanidine groups is 1. The molecule has 0 N–H and O–H groups in total. The molecule has 0 bridgehead atoms. The number of ether oxygens (including phenoxy) is 1. The molecule has 2 heterocycles. The molecule has 0 atom stereocenters. The Balaban J connectivity index is 1.12. The fourth-order valence-corrected chi connectivity index (χ4v) is 6.55. The monoisotopic (exact) mass is 496 g/mol. The van der Waals surface area contributed by atoms with Gasteiger partial charge in [-0.2, -0.15) is 0 Å². The van der Waals surface area contributed by atoms with Crippen molar-refractivity contribution in [3.63, 3.8) is 0 Å². The average molecular weight is 497 g/mol. The number of rotatable bonds is 7. The first kappa shape index (κ1) is 24.3. The van der Waals surface area contributed by atoms with Crippen molar-refractivity contribution < 1.29 is 13.2 Å². The minimum atomic E-state index is -3.61. The Morgan fingerprint density at radius 3 is 2.29 bits per heavy atom. The third kappa shape index (κ3) is 5.25. The molecule has 1 aliphatic carbocycles. The number of hydrogen-bond donors (Lipinski definition) is 0. The molecule has 0 radical (unpaired) electrons. The van der Waals surface area contributed by atoms with Crippen LogP contribution in [0.25, 0.3) is 0 Å². The van der Waals surface area contributed by atoms with E-state index in [0.717, 1.165) is 44.6 Å². The van der Waals surface area contributed by atoms with E-state index in [0.29, 0.717) is 48.6 Å². The molecule has 0 unspecified atom stereocenters. The molecular weight excluding hydrogens is 460 g/mol. The molecule has 1 saturated carbocycles. The van der Waals surface area contributed by atoms with Crippen LogP contribution in [0.5, 0.6) is 0 Å². The third-order valence-corrected chi connectivity index (χ3v) is 9.22. The molecule has 0 amide bonds. The summed E-state index contributed by atoms with van der Waals surface area (Å²) < 4.78 is 34.4. The van der Waals surface area contributed by atoms with Crippen LogP contribution in [0.1, 0.15) is 43.7 Å². The van der Waals surface area contributed by atoms with Crippen molar-refractivity contribution in [1.82, 2.24) is 14.1 Å². The summed E-state index contributed by atoms with van der Waals surface area (Å²) >= 11 is 0. The van der Waals surface area contributed by atoms with Crippen LogP contribution in [-0.4, -0.2) is 79.9 Å². The van der Waals surface area contributed by atoms with Gasteiger partial charge in [0.25, 0.3) is 10.0 Å². The maximum Gasteiger partial charge on any atom is 0.266 e. The van der Waals surface area contributed by atoms with Crippen LogP contribution >= 0.6 is 0 Å². The van der Waals surface area contributed by atoms with Gasteiger partial charge in [0.1, 0.15) is 0 Å². The largest absolute Gasteiger partial charge is 0.373 e. The van der Waals surface area contributed by atoms with Crippen molar-refractivity contribution in [3.05, 3.63) is 65.7 Å². The lowest BCUT2D eigenvalue weighted by Gasteiger charge is -2.46. The second kappa shape index (κ2) is 10.3. The van der Waals surface area contributed by atoms with Gasteiger partial charge >= 0.3 is 0 Å². The van der Waals surface area contributed by atoms with Crippen LogP contribution in [0, 0.1) is 0 Å². The highest BCUT2D eigenvalue weighted by Gasteiger charge is 2.38. The second-order valence-electron chi connectivity index (χ2n) is 10.0. The van der Waals surface area contributed by atoms with E-state index in [1.807, 2.05) is 30.3 Å². The van der Waals surface area contributed by atoms with Crippen molar-refractivity contribution >= 4 is 16.0 Å². The van der Waals surface area contributed by atoms with Gasteiger partial charge in [0.2, 0.25) is 5.96 Å². The van der Waals surface area contributed by atoms with Gasteiger partial charge < -0.3 is 9.64 Å². The van der Waals surface area contributed by atoms with E-state index in [2.05, 4.69) is 40.8 Å². The molecule has 2 aromatic carbocycles. The fraction of sp³-hybridized carbons (Fsp3) is 0.519. The summed E-state index contributed by atoms with van der Waals surface area (Å²) in [6.07, 6.45) is 2.47. The van der Waals surface area contributed by atoms with Crippen LogP contribution in [0.2, 0.25) is 0 Å². The van der Waals surface area contributed by atoms with Crippen LogP contribution in [0.4, 0.5) is 0 Å². The maximum atomic E-state index is 13.4. The second-order valence-corrected chi connectivity index (χ2v) is 11.9. The van der Waals surface area contributed by atoms with E-state index in [1.54, 1.807) is 12.1 Å². The SMILES string of the molecule is CC(C)c1ccc(S(=O)(=O)N2CCN=C2N2CCN(C3CC(OCc4ccccc4)C3)CC2)cc1. The third-order valence-electron chi connectivity index (χ3n) is 7.43. The van der Waals surface area contributed by atoms with Gasteiger partial charge in [-0.1, -0.05) is 56.3 Å². The molecule has 3 aliphatic rings. The highest BCUT2D eigenvalue weighted by Crippen LogP contribution is 2.30. The van der Waals surface area contributed by atoms with Gasteiger partial charge in [-0.25, -0.2) is 12.7 Å². The smallest absolute Gasteiger partial charge is 0.266 e. The molecule has 8 heteroatoms. The van der Waals surface area contributed by atoms with E-state index in [-0.39, 0.29) is 0 Å². The lowest BCUT2D eigenvalue weighted by molar-refractivity contribution is -0.0647. The Morgan fingerprint density at radius 2 is 1.63 bits per heavy atom. The first-order chi connectivity index (χ1) is 16.9. The molecule has 7 nitrogen and oxygen atoms in total. The summed E-state index contributed by atoms with van der Waals surface area (Å²) in [6, 6.07) is 18.2. The molecule has 0 aromatic heterocycles. The number of nitrogens with zero attached hydrogens (tertiary/aromatic N) is 4.